The zero-order chi connectivity index (χ0) is 13.9. The molecular weight excluding hydrogens is 246 g/mol. The summed E-state index contributed by atoms with van der Waals surface area (Å²) in [6, 6.07) is 13.4. The van der Waals surface area contributed by atoms with Gasteiger partial charge in [-0.1, -0.05) is 30.3 Å². The highest BCUT2D eigenvalue weighted by Gasteiger charge is 2.32. The fraction of sp³-hybridized carbons (Fsp3) is 0.412. The first-order valence-corrected chi connectivity index (χ1v) is 7.23. The van der Waals surface area contributed by atoms with Crippen molar-refractivity contribution in [1.29, 1.82) is 5.26 Å². The smallest absolute Gasteiger partial charge is 0.105 e. The van der Waals surface area contributed by atoms with E-state index in [1.54, 1.807) is 0 Å². The molecule has 1 heterocycles. The molecule has 1 fully saturated rings. The zero-order valence-corrected chi connectivity index (χ0v) is 11.7. The van der Waals surface area contributed by atoms with Gasteiger partial charge in [-0.15, -0.1) is 0 Å². The second kappa shape index (κ2) is 5.50. The highest BCUT2D eigenvalue weighted by atomic mass is 15.1. The SMILES string of the molecule is Cc1nccn1C1CC(c2ccccc2)CCC1C#N. The van der Waals surface area contributed by atoms with Crippen LogP contribution in [0.3, 0.4) is 0 Å². The number of rotatable bonds is 2. The summed E-state index contributed by atoms with van der Waals surface area (Å²) in [6.45, 7) is 2.01. The summed E-state index contributed by atoms with van der Waals surface area (Å²) in [6.07, 6.45) is 6.94. The van der Waals surface area contributed by atoms with Crippen LogP contribution in [-0.2, 0) is 0 Å². The van der Waals surface area contributed by atoms with Crippen molar-refractivity contribution in [2.24, 2.45) is 5.92 Å². The minimum absolute atomic E-state index is 0.0999. The van der Waals surface area contributed by atoms with Crippen molar-refractivity contribution in [1.82, 2.24) is 9.55 Å². The van der Waals surface area contributed by atoms with Gasteiger partial charge in [-0.2, -0.15) is 5.26 Å². The molecule has 0 spiro atoms. The quantitative estimate of drug-likeness (QED) is 0.827. The summed E-state index contributed by atoms with van der Waals surface area (Å²) < 4.78 is 2.18. The van der Waals surface area contributed by atoms with Crippen molar-refractivity contribution in [3.63, 3.8) is 0 Å². The molecule has 102 valence electrons. The van der Waals surface area contributed by atoms with Crippen LogP contribution in [0.4, 0.5) is 0 Å². The van der Waals surface area contributed by atoms with Crippen LogP contribution in [0.2, 0.25) is 0 Å². The normalized spacial score (nSPS) is 26.1. The van der Waals surface area contributed by atoms with E-state index in [4.69, 9.17) is 0 Å². The predicted octanol–water partition coefficient (Wildman–Crippen LogP) is 3.84. The van der Waals surface area contributed by atoms with E-state index in [1.807, 2.05) is 19.3 Å². The van der Waals surface area contributed by atoms with Gasteiger partial charge in [0.05, 0.1) is 18.0 Å². The first kappa shape index (κ1) is 12.9. The van der Waals surface area contributed by atoms with Crippen LogP contribution in [-0.4, -0.2) is 9.55 Å². The number of benzene rings is 1. The highest BCUT2D eigenvalue weighted by Crippen LogP contribution is 2.42. The molecule has 1 aliphatic rings. The monoisotopic (exact) mass is 265 g/mol. The summed E-state index contributed by atoms with van der Waals surface area (Å²) in [5.41, 5.74) is 1.40. The third-order valence-electron chi connectivity index (χ3n) is 4.47. The fourth-order valence-electron chi connectivity index (χ4n) is 3.37. The standard InChI is InChI=1S/C17H19N3/c1-13-19-9-10-20(13)17-11-15(7-8-16(17)12-18)14-5-3-2-4-6-14/h2-6,9-10,15-17H,7-8,11H2,1H3. The largest absolute Gasteiger partial charge is 0.331 e. The van der Waals surface area contributed by atoms with Gasteiger partial charge in [-0.25, -0.2) is 4.98 Å². The molecule has 0 N–H and O–H groups in total. The lowest BCUT2D eigenvalue weighted by Gasteiger charge is -2.34. The van der Waals surface area contributed by atoms with Crippen LogP contribution in [0.25, 0.3) is 0 Å². The van der Waals surface area contributed by atoms with E-state index < -0.39 is 0 Å². The summed E-state index contributed by atoms with van der Waals surface area (Å²) >= 11 is 0. The number of aromatic nitrogens is 2. The molecule has 2 aromatic rings. The van der Waals surface area contributed by atoms with Crippen LogP contribution in [0.1, 0.15) is 42.6 Å². The fourth-order valence-corrected chi connectivity index (χ4v) is 3.37. The molecule has 20 heavy (non-hydrogen) atoms. The third kappa shape index (κ3) is 2.34. The van der Waals surface area contributed by atoms with E-state index in [0.717, 1.165) is 25.1 Å². The van der Waals surface area contributed by atoms with E-state index in [0.29, 0.717) is 5.92 Å². The first-order valence-electron chi connectivity index (χ1n) is 7.23. The Morgan fingerprint density at radius 1 is 1.25 bits per heavy atom. The van der Waals surface area contributed by atoms with Gasteiger partial charge >= 0.3 is 0 Å². The maximum Gasteiger partial charge on any atom is 0.105 e. The Balaban J connectivity index is 1.87. The Hall–Kier alpha value is -2.08. The van der Waals surface area contributed by atoms with Crippen LogP contribution >= 0.6 is 0 Å². The summed E-state index contributed by atoms with van der Waals surface area (Å²) in [5.74, 6) is 1.65. The van der Waals surface area contributed by atoms with Crippen LogP contribution in [0, 0.1) is 24.2 Å². The van der Waals surface area contributed by atoms with Gasteiger partial charge in [0.1, 0.15) is 5.82 Å². The number of nitriles is 1. The molecule has 3 rings (SSSR count). The molecule has 3 heteroatoms. The lowest BCUT2D eigenvalue weighted by molar-refractivity contribution is 0.259. The summed E-state index contributed by atoms with van der Waals surface area (Å²) in [4.78, 5) is 4.31. The molecule has 0 amide bonds. The van der Waals surface area contributed by atoms with Gasteiger partial charge in [-0.3, -0.25) is 0 Å². The van der Waals surface area contributed by atoms with Crippen molar-refractivity contribution in [3.05, 3.63) is 54.1 Å². The maximum absolute atomic E-state index is 9.42. The molecule has 1 aromatic carbocycles. The Bertz CT molecular complexity index is 609. The lowest BCUT2D eigenvalue weighted by atomic mass is 9.76. The zero-order valence-electron chi connectivity index (χ0n) is 11.7. The number of hydrogen-bond acceptors (Lipinski definition) is 2. The van der Waals surface area contributed by atoms with E-state index in [1.165, 1.54) is 5.56 Å². The molecule has 1 aliphatic carbocycles. The van der Waals surface area contributed by atoms with Crippen LogP contribution in [0.15, 0.2) is 42.7 Å². The molecule has 1 aromatic heterocycles. The van der Waals surface area contributed by atoms with Crippen molar-refractivity contribution >= 4 is 0 Å². The molecular formula is C17H19N3. The molecule has 3 unspecified atom stereocenters. The molecule has 3 nitrogen and oxygen atoms in total. The number of aryl methyl sites for hydroxylation is 1. The Labute approximate surface area is 119 Å². The number of hydrogen-bond donors (Lipinski definition) is 0. The molecule has 0 radical (unpaired) electrons. The molecule has 1 saturated carbocycles. The van der Waals surface area contributed by atoms with Gasteiger partial charge < -0.3 is 4.57 Å². The summed E-state index contributed by atoms with van der Waals surface area (Å²) in [7, 11) is 0. The lowest BCUT2D eigenvalue weighted by Crippen LogP contribution is -2.26. The van der Waals surface area contributed by atoms with E-state index in [-0.39, 0.29) is 12.0 Å². The van der Waals surface area contributed by atoms with Crippen molar-refractivity contribution in [2.45, 2.75) is 38.1 Å². The van der Waals surface area contributed by atoms with Crippen LogP contribution < -0.4 is 0 Å². The average Bonchev–Trinajstić information content (AvgIpc) is 2.93. The summed E-state index contributed by atoms with van der Waals surface area (Å²) in [5, 5.41) is 9.42. The first-order chi connectivity index (χ1) is 9.79. The van der Waals surface area contributed by atoms with E-state index in [2.05, 4.69) is 46.0 Å². The predicted molar refractivity (Wildman–Crippen MR) is 78.1 cm³/mol. The van der Waals surface area contributed by atoms with Gasteiger partial charge in [0.15, 0.2) is 0 Å². The van der Waals surface area contributed by atoms with Crippen molar-refractivity contribution in [3.8, 4) is 6.07 Å². The van der Waals surface area contributed by atoms with Crippen molar-refractivity contribution in [2.75, 3.05) is 0 Å². The van der Waals surface area contributed by atoms with Gasteiger partial charge in [-0.05, 0) is 37.7 Å². The van der Waals surface area contributed by atoms with Crippen molar-refractivity contribution < 1.29 is 0 Å². The molecule has 3 atom stereocenters. The van der Waals surface area contributed by atoms with E-state index >= 15 is 0 Å². The minimum Gasteiger partial charge on any atom is -0.331 e. The third-order valence-corrected chi connectivity index (χ3v) is 4.47. The Kier molecular flexibility index (Phi) is 3.56. The van der Waals surface area contributed by atoms with Gasteiger partial charge in [0.25, 0.3) is 0 Å². The van der Waals surface area contributed by atoms with E-state index in [9.17, 15) is 5.26 Å². The number of nitrogens with zero attached hydrogens (tertiary/aromatic N) is 3. The second-order valence-electron chi connectivity index (χ2n) is 5.61. The average molecular weight is 265 g/mol. The Morgan fingerprint density at radius 3 is 2.70 bits per heavy atom. The maximum atomic E-state index is 9.42. The minimum atomic E-state index is 0.0999. The van der Waals surface area contributed by atoms with Crippen LogP contribution in [0.5, 0.6) is 0 Å². The Morgan fingerprint density at radius 2 is 2.05 bits per heavy atom. The molecule has 0 aliphatic heterocycles. The highest BCUT2D eigenvalue weighted by molar-refractivity contribution is 5.21. The topological polar surface area (TPSA) is 41.6 Å². The molecule has 0 bridgehead atoms. The van der Waals surface area contributed by atoms with Gasteiger partial charge in [0, 0.05) is 12.4 Å². The number of imidazole rings is 1. The molecule has 0 saturated heterocycles. The second-order valence-corrected chi connectivity index (χ2v) is 5.61. The van der Waals surface area contributed by atoms with Gasteiger partial charge in [0.2, 0.25) is 0 Å².